The maximum Gasteiger partial charge on any atom is 0.0493 e. The molecular weight excluding hydrogens is 186 g/mol. The molecule has 1 aliphatic rings. The van der Waals surface area contributed by atoms with Gasteiger partial charge in [0.15, 0.2) is 0 Å². The second-order valence-electron chi connectivity index (χ2n) is 5.89. The van der Waals surface area contributed by atoms with Gasteiger partial charge >= 0.3 is 0 Å². The van der Waals surface area contributed by atoms with Gasteiger partial charge in [-0.2, -0.15) is 0 Å². The van der Waals surface area contributed by atoms with Gasteiger partial charge in [-0.15, -0.1) is 0 Å². The number of ether oxygens (including phenoxy) is 1. The molecule has 1 saturated carbocycles. The molecule has 2 atom stereocenters. The van der Waals surface area contributed by atoms with Gasteiger partial charge in [0.05, 0.1) is 0 Å². The molecule has 0 amide bonds. The Morgan fingerprint density at radius 1 is 1.13 bits per heavy atom. The fourth-order valence-corrected chi connectivity index (χ4v) is 2.42. The summed E-state index contributed by atoms with van der Waals surface area (Å²) < 4.78 is 5.32. The third kappa shape index (κ3) is 4.98. The molecule has 0 aromatic rings. The van der Waals surface area contributed by atoms with Crippen LogP contribution in [0.15, 0.2) is 0 Å². The SMILES string of the molecule is COCC1CCCCC1CNC(C)(C)C. The maximum absolute atomic E-state index is 5.32. The minimum Gasteiger partial charge on any atom is -0.384 e. The first-order valence-corrected chi connectivity index (χ1v) is 6.27. The molecule has 1 fully saturated rings. The van der Waals surface area contributed by atoms with Crippen molar-refractivity contribution in [1.82, 2.24) is 5.32 Å². The van der Waals surface area contributed by atoms with Crippen LogP contribution >= 0.6 is 0 Å². The lowest BCUT2D eigenvalue weighted by atomic mass is 9.79. The number of methoxy groups -OCH3 is 1. The van der Waals surface area contributed by atoms with E-state index in [9.17, 15) is 0 Å². The molecular formula is C13H27NO. The Balaban J connectivity index is 2.35. The molecule has 15 heavy (non-hydrogen) atoms. The van der Waals surface area contributed by atoms with Crippen LogP contribution in [0.2, 0.25) is 0 Å². The first-order chi connectivity index (χ1) is 7.03. The highest BCUT2D eigenvalue weighted by Crippen LogP contribution is 2.30. The first kappa shape index (κ1) is 13.0. The van der Waals surface area contributed by atoms with Gasteiger partial charge in [0.25, 0.3) is 0 Å². The fraction of sp³-hybridized carbons (Fsp3) is 1.00. The monoisotopic (exact) mass is 213 g/mol. The summed E-state index contributed by atoms with van der Waals surface area (Å²) in [6.07, 6.45) is 5.51. The molecule has 0 aromatic heterocycles. The molecule has 1 rings (SSSR count). The van der Waals surface area contributed by atoms with Crippen LogP contribution in [-0.4, -0.2) is 25.8 Å². The van der Waals surface area contributed by atoms with Crippen molar-refractivity contribution >= 4 is 0 Å². The van der Waals surface area contributed by atoms with E-state index in [0.717, 1.165) is 25.0 Å². The van der Waals surface area contributed by atoms with Crippen molar-refractivity contribution < 1.29 is 4.74 Å². The van der Waals surface area contributed by atoms with Crippen molar-refractivity contribution in [2.24, 2.45) is 11.8 Å². The molecule has 0 spiro atoms. The van der Waals surface area contributed by atoms with Gasteiger partial charge in [-0.25, -0.2) is 0 Å². The van der Waals surface area contributed by atoms with Gasteiger partial charge in [-0.1, -0.05) is 12.8 Å². The second-order valence-corrected chi connectivity index (χ2v) is 5.89. The van der Waals surface area contributed by atoms with Crippen LogP contribution in [0.3, 0.4) is 0 Å². The number of rotatable bonds is 4. The Hall–Kier alpha value is -0.0800. The number of hydrogen-bond acceptors (Lipinski definition) is 2. The predicted molar refractivity (Wildman–Crippen MR) is 65.1 cm³/mol. The molecule has 1 N–H and O–H groups in total. The van der Waals surface area contributed by atoms with Crippen LogP contribution < -0.4 is 5.32 Å². The number of nitrogens with one attached hydrogen (secondary N) is 1. The summed E-state index contributed by atoms with van der Waals surface area (Å²) >= 11 is 0. The number of hydrogen-bond donors (Lipinski definition) is 1. The zero-order chi connectivity index (χ0) is 11.3. The molecule has 0 bridgehead atoms. The maximum atomic E-state index is 5.32. The van der Waals surface area contributed by atoms with E-state index in [-0.39, 0.29) is 5.54 Å². The summed E-state index contributed by atoms with van der Waals surface area (Å²) in [4.78, 5) is 0. The van der Waals surface area contributed by atoms with Crippen LogP contribution in [0.4, 0.5) is 0 Å². The summed E-state index contributed by atoms with van der Waals surface area (Å²) in [5, 5.41) is 3.62. The lowest BCUT2D eigenvalue weighted by Gasteiger charge is -2.33. The van der Waals surface area contributed by atoms with Crippen molar-refractivity contribution in [1.29, 1.82) is 0 Å². The molecule has 2 unspecified atom stereocenters. The molecule has 90 valence electrons. The Labute approximate surface area is 94.8 Å². The molecule has 0 aliphatic heterocycles. The normalized spacial score (nSPS) is 28.0. The molecule has 0 heterocycles. The molecule has 1 aliphatic carbocycles. The lowest BCUT2D eigenvalue weighted by molar-refractivity contribution is 0.0906. The van der Waals surface area contributed by atoms with Crippen molar-refractivity contribution in [2.45, 2.75) is 52.0 Å². The largest absolute Gasteiger partial charge is 0.384 e. The third-order valence-corrected chi connectivity index (χ3v) is 3.34. The van der Waals surface area contributed by atoms with Crippen molar-refractivity contribution in [3.8, 4) is 0 Å². The Morgan fingerprint density at radius 2 is 1.73 bits per heavy atom. The Morgan fingerprint density at radius 3 is 2.27 bits per heavy atom. The van der Waals surface area contributed by atoms with E-state index in [1.165, 1.54) is 25.7 Å². The van der Waals surface area contributed by atoms with E-state index in [0.29, 0.717) is 0 Å². The van der Waals surface area contributed by atoms with E-state index in [1.807, 2.05) is 7.11 Å². The van der Waals surface area contributed by atoms with Crippen molar-refractivity contribution in [2.75, 3.05) is 20.3 Å². The average Bonchev–Trinajstić information content (AvgIpc) is 2.16. The fourth-order valence-electron chi connectivity index (χ4n) is 2.42. The molecule has 2 nitrogen and oxygen atoms in total. The zero-order valence-corrected chi connectivity index (χ0v) is 10.8. The van der Waals surface area contributed by atoms with E-state index in [1.54, 1.807) is 0 Å². The summed E-state index contributed by atoms with van der Waals surface area (Å²) in [6, 6.07) is 0. The average molecular weight is 213 g/mol. The van der Waals surface area contributed by atoms with Crippen LogP contribution in [0.5, 0.6) is 0 Å². The summed E-state index contributed by atoms with van der Waals surface area (Å²) in [7, 11) is 1.82. The van der Waals surface area contributed by atoms with Crippen molar-refractivity contribution in [3.05, 3.63) is 0 Å². The summed E-state index contributed by atoms with van der Waals surface area (Å²) in [5.41, 5.74) is 0.245. The van der Waals surface area contributed by atoms with Gasteiger partial charge in [0.1, 0.15) is 0 Å². The zero-order valence-electron chi connectivity index (χ0n) is 10.8. The van der Waals surface area contributed by atoms with E-state index in [4.69, 9.17) is 4.74 Å². The minimum atomic E-state index is 0.245. The summed E-state index contributed by atoms with van der Waals surface area (Å²) in [5.74, 6) is 1.59. The van der Waals surface area contributed by atoms with E-state index >= 15 is 0 Å². The highest BCUT2D eigenvalue weighted by molar-refractivity contribution is 4.80. The Kier molecular flexibility index (Phi) is 5.07. The van der Waals surface area contributed by atoms with Crippen molar-refractivity contribution in [3.63, 3.8) is 0 Å². The highest BCUT2D eigenvalue weighted by atomic mass is 16.5. The Bertz CT molecular complexity index is 172. The molecule has 0 saturated heterocycles. The first-order valence-electron chi connectivity index (χ1n) is 6.27. The topological polar surface area (TPSA) is 21.3 Å². The van der Waals surface area contributed by atoms with Gasteiger partial charge < -0.3 is 10.1 Å². The standard InChI is InChI=1S/C13H27NO/c1-13(2,3)14-9-11-7-5-6-8-12(11)10-15-4/h11-12,14H,5-10H2,1-4H3. The van der Waals surface area contributed by atoms with E-state index < -0.39 is 0 Å². The third-order valence-electron chi connectivity index (χ3n) is 3.34. The van der Waals surface area contributed by atoms with E-state index in [2.05, 4.69) is 26.1 Å². The van der Waals surface area contributed by atoms with Crippen LogP contribution in [0.25, 0.3) is 0 Å². The smallest absolute Gasteiger partial charge is 0.0493 e. The van der Waals surface area contributed by atoms with Gasteiger partial charge in [0.2, 0.25) is 0 Å². The molecule has 0 aromatic carbocycles. The van der Waals surface area contributed by atoms with Crippen LogP contribution in [0.1, 0.15) is 46.5 Å². The van der Waals surface area contributed by atoms with Gasteiger partial charge in [-0.05, 0) is 52.0 Å². The van der Waals surface area contributed by atoms with Crippen LogP contribution in [-0.2, 0) is 4.74 Å². The molecule has 2 heteroatoms. The summed E-state index contributed by atoms with van der Waals surface area (Å²) in [6.45, 7) is 8.80. The lowest BCUT2D eigenvalue weighted by Crippen LogP contribution is -2.42. The minimum absolute atomic E-state index is 0.245. The highest BCUT2D eigenvalue weighted by Gasteiger charge is 2.25. The predicted octanol–water partition coefficient (Wildman–Crippen LogP) is 2.83. The molecule has 0 radical (unpaired) electrons. The van der Waals surface area contributed by atoms with Gasteiger partial charge in [-0.3, -0.25) is 0 Å². The quantitative estimate of drug-likeness (QED) is 0.775. The van der Waals surface area contributed by atoms with Gasteiger partial charge in [0, 0.05) is 19.3 Å². The van der Waals surface area contributed by atoms with Crippen LogP contribution in [0, 0.1) is 11.8 Å². The second kappa shape index (κ2) is 5.86.